The Kier molecular flexibility index (Phi) is 4.52. The molecule has 0 N–H and O–H groups in total. The van der Waals surface area contributed by atoms with Gasteiger partial charge in [-0.25, -0.2) is 13.2 Å². The summed E-state index contributed by atoms with van der Waals surface area (Å²) in [6, 6.07) is 0. The summed E-state index contributed by atoms with van der Waals surface area (Å²) in [7, 11) is 0. The van der Waals surface area contributed by atoms with Gasteiger partial charge in [0.1, 0.15) is 6.17 Å². The van der Waals surface area contributed by atoms with Gasteiger partial charge >= 0.3 is 0 Å². The Bertz CT molecular complexity index is 249. The third-order valence-corrected chi connectivity index (χ3v) is 1.69. The molecule has 0 aliphatic heterocycles. The maximum atomic E-state index is 13.0. The maximum absolute atomic E-state index is 13.0. The molecule has 0 aromatic rings. The SMILES string of the molecule is C=C(CC)/C(F)=C(/F)C(=C)C(C)F. The number of hydrogen-bond donors (Lipinski definition) is 0. The second-order valence-corrected chi connectivity index (χ2v) is 2.73. The average molecular weight is 190 g/mol. The lowest BCUT2D eigenvalue weighted by Crippen LogP contribution is -1.99. The summed E-state index contributed by atoms with van der Waals surface area (Å²) in [5.41, 5.74) is -0.466. The van der Waals surface area contributed by atoms with Crippen molar-refractivity contribution in [2.75, 3.05) is 0 Å². The second kappa shape index (κ2) is 4.90. The van der Waals surface area contributed by atoms with Gasteiger partial charge in [-0.1, -0.05) is 20.1 Å². The Hall–Kier alpha value is -0.990. The van der Waals surface area contributed by atoms with Crippen LogP contribution in [0.3, 0.4) is 0 Å². The van der Waals surface area contributed by atoms with Gasteiger partial charge in [0.2, 0.25) is 0 Å². The highest BCUT2D eigenvalue weighted by Gasteiger charge is 2.16. The molecule has 0 spiro atoms. The van der Waals surface area contributed by atoms with E-state index in [9.17, 15) is 13.2 Å². The fraction of sp³-hybridized carbons (Fsp3) is 0.400. The summed E-state index contributed by atoms with van der Waals surface area (Å²) in [6.45, 7) is 9.14. The van der Waals surface area contributed by atoms with E-state index in [1.165, 1.54) is 0 Å². The summed E-state index contributed by atoms with van der Waals surface area (Å²) in [6.07, 6.45) is -1.30. The molecule has 0 saturated carbocycles. The number of rotatable bonds is 4. The molecule has 0 amide bonds. The van der Waals surface area contributed by atoms with Crippen LogP contribution in [0.4, 0.5) is 13.2 Å². The van der Waals surface area contributed by atoms with Crippen molar-refractivity contribution in [3.05, 3.63) is 36.0 Å². The third kappa shape index (κ3) is 3.09. The van der Waals surface area contributed by atoms with Crippen molar-refractivity contribution in [1.29, 1.82) is 0 Å². The Morgan fingerprint density at radius 1 is 1.23 bits per heavy atom. The predicted octanol–water partition coefficient (Wildman–Crippen LogP) is 4.02. The molecule has 0 aliphatic carbocycles. The Balaban J connectivity index is 4.81. The van der Waals surface area contributed by atoms with E-state index in [4.69, 9.17) is 0 Å². The zero-order valence-electron chi connectivity index (χ0n) is 7.83. The van der Waals surface area contributed by atoms with Crippen LogP contribution < -0.4 is 0 Å². The summed E-state index contributed by atoms with van der Waals surface area (Å²) in [5, 5.41) is 0. The molecule has 1 unspecified atom stereocenters. The molecule has 13 heavy (non-hydrogen) atoms. The molecule has 0 rings (SSSR count). The van der Waals surface area contributed by atoms with Crippen LogP contribution in [-0.2, 0) is 0 Å². The van der Waals surface area contributed by atoms with Crippen LogP contribution in [0.25, 0.3) is 0 Å². The molecule has 0 bridgehead atoms. The fourth-order valence-electron chi connectivity index (χ4n) is 0.626. The first-order valence-corrected chi connectivity index (χ1v) is 3.98. The largest absolute Gasteiger partial charge is 0.243 e. The molecule has 0 aromatic heterocycles. The summed E-state index contributed by atoms with van der Waals surface area (Å²) in [5.74, 6) is -2.33. The summed E-state index contributed by atoms with van der Waals surface area (Å²) >= 11 is 0. The zero-order valence-corrected chi connectivity index (χ0v) is 7.83. The smallest absolute Gasteiger partial charge is 0.164 e. The van der Waals surface area contributed by atoms with Crippen LogP contribution in [0.5, 0.6) is 0 Å². The zero-order chi connectivity index (χ0) is 10.6. The van der Waals surface area contributed by atoms with Gasteiger partial charge in [-0.2, -0.15) is 0 Å². The van der Waals surface area contributed by atoms with Crippen molar-refractivity contribution < 1.29 is 13.2 Å². The molecular formula is C10H13F3. The topological polar surface area (TPSA) is 0 Å². The molecule has 0 heterocycles. The second-order valence-electron chi connectivity index (χ2n) is 2.73. The third-order valence-electron chi connectivity index (χ3n) is 1.69. The number of allylic oxidation sites excluding steroid dienone is 4. The van der Waals surface area contributed by atoms with Crippen molar-refractivity contribution in [2.45, 2.75) is 26.4 Å². The van der Waals surface area contributed by atoms with E-state index in [0.29, 0.717) is 0 Å². The van der Waals surface area contributed by atoms with Crippen LogP contribution in [-0.4, -0.2) is 6.17 Å². The standard InChI is InChI=1S/C10H13F3/c1-5-6(2)9(12)10(13)7(3)8(4)11/h8H,2-3,5H2,1,4H3/b10-9-. The first-order valence-electron chi connectivity index (χ1n) is 3.98. The number of hydrogen-bond acceptors (Lipinski definition) is 0. The lowest BCUT2D eigenvalue weighted by atomic mass is 10.1. The van der Waals surface area contributed by atoms with Gasteiger partial charge in [-0.3, -0.25) is 0 Å². The van der Waals surface area contributed by atoms with Crippen LogP contribution >= 0.6 is 0 Å². The predicted molar refractivity (Wildman–Crippen MR) is 48.4 cm³/mol. The minimum Gasteiger partial charge on any atom is -0.243 e. The number of alkyl halides is 1. The molecule has 1 atom stereocenters. The van der Waals surface area contributed by atoms with Gasteiger partial charge in [0.15, 0.2) is 11.7 Å². The van der Waals surface area contributed by atoms with Crippen molar-refractivity contribution >= 4 is 0 Å². The Morgan fingerprint density at radius 2 is 1.69 bits per heavy atom. The fourth-order valence-corrected chi connectivity index (χ4v) is 0.626. The highest BCUT2D eigenvalue weighted by molar-refractivity contribution is 5.36. The van der Waals surface area contributed by atoms with E-state index in [0.717, 1.165) is 6.92 Å². The van der Waals surface area contributed by atoms with Crippen molar-refractivity contribution in [2.24, 2.45) is 0 Å². The molecule has 0 fully saturated rings. The molecule has 0 radical (unpaired) electrons. The van der Waals surface area contributed by atoms with Gasteiger partial charge in [0.05, 0.1) is 0 Å². The van der Waals surface area contributed by atoms with Crippen LogP contribution in [0, 0.1) is 0 Å². The van der Waals surface area contributed by atoms with Crippen LogP contribution in [0.15, 0.2) is 36.0 Å². The van der Waals surface area contributed by atoms with Crippen molar-refractivity contribution in [1.82, 2.24) is 0 Å². The van der Waals surface area contributed by atoms with Gasteiger partial charge in [-0.15, -0.1) is 0 Å². The summed E-state index contributed by atoms with van der Waals surface area (Å²) < 4.78 is 38.5. The van der Waals surface area contributed by atoms with Gasteiger partial charge < -0.3 is 0 Å². The monoisotopic (exact) mass is 190 g/mol. The van der Waals surface area contributed by atoms with Crippen LogP contribution in [0.2, 0.25) is 0 Å². The minimum absolute atomic E-state index is 0.0132. The van der Waals surface area contributed by atoms with Crippen molar-refractivity contribution in [3.63, 3.8) is 0 Å². The van der Waals surface area contributed by atoms with E-state index in [2.05, 4.69) is 13.2 Å². The quantitative estimate of drug-likeness (QED) is 0.587. The minimum atomic E-state index is -1.59. The molecule has 3 heteroatoms. The highest BCUT2D eigenvalue weighted by Crippen LogP contribution is 2.25. The van der Waals surface area contributed by atoms with Crippen LogP contribution in [0.1, 0.15) is 20.3 Å². The molecule has 0 aromatic carbocycles. The maximum Gasteiger partial charge on any atom is 0.164 e. The lowest BCUT2D eigenvalue weighted by Gasteiger charge is -2.06. The van der Waals surface area contributed by atoms with Gasteiger partial charge in [-0.05, 0) is 18.9 Å². The normalized spacial score (nSPS) is 14.8. The van der Waals surface area contributed by atoms with Gasteiger partial charge in [0, 0.05) is 5.57 Å². The lowest BCUT2D eigenvalue weighted by molar-refractivity contribution is 0.397. The van der Waals surface area contributed by atoms with E-state index in [1.54, 1.807) is 6.92 Å². The van der Waals surface area contributed by atoms with Gasteiger partial charge in [0.25, 0.3) is 0 Å². The molecule has 0 nitrogen and oxygen atoms in total. The first kappa shape index (κ1) is 12.0. The first-order chi connectivity index (χ1) is 5.91. The van der Waals surface area contributed by atoms with Crippen molar-refractivity contribution in [3.8, 4) is 0 Å². The summed E-state index contributed by atoms with van der Waals surface area (Å²) in [4.78, 5) is 0. The Labute approximate surface area is 76.5 Å². The molecular weight excluding hydrogens is 177 g/mol. The molecule has 74 valence electrons. The van der Waals surface area contributed by atoms with E-state index < -0.39 is 23.4 Å². The average Bonchev–Trinajstić information content (AvgIpc) is 2.12. The molecule has 0 saturated heterocycles. The van der Waals surface area contributed by atoms with E-state index in [1.807, 2.05) is 0 Å². The Morgan fingerprint density at radius 3 is 2.00 bits per heavy atom. The number of halogens is 3. The van der Waals surface area contributed by atoms with E-state index >= 15 is 0 Å². The van der Waals surface area contributed by atoms with E-state index in [-0.39, 0.29) is 12.0 Å². The molecule has 0 aliphatic rings. The highest BCUT2D eigenvalue weighted by atomic mass is 19.2.